The molecule has 1 fully saturated rings. The zero-order chi connectivity index (χ0) is 32.8. The van der Waals surface area contributed by atoms with Crippen LogP contribution in [0, 0.1) is 29.1 Å². The molecule has 0 radical (unpaired) electrons. The van der Waals surface area contributed by atoms with Gasteiger partial charge in [-0.1, -0.05) is 57.2 Å². The average Bonchev–Trinajstić information content (AvgIpc) is 3.60. The van der Waals surface area contributed by atoms with E-state index in [-0.39, 0.29) is 66.1 Å². The minimum Gasteiger partial charge on any atom is -0.461 e. The number of esters is 2. The quantitative estimate of drug-likeness (QED) is 0.216. The standard InChI is InChI=1S/C34H38N6O6/c1-21-17-22(2)29(23(3)18-21)45-33(42)28-25(19-35)32(40-31(28)37-30(38-40)26-13-8-9-15-36-26)46-34(43)39(4)16-10-14-27(41)44-20-24-11-6-5-7-12-24/h5-9,11-13,15,21-23,29H,10,14,16-18,20H2,1-4H3,(H,37,38). The second-order valence-electron chi connectivity index (χ2n) is 12.1. The molecule has 1 aromatic carbocycles. The third-order valence-corrected chi connectivity index (χ3v) is 8.29. The molecule has 1 saturated carbocycles. The Bertz CT molecular complexity index is 1720. The number of ether oxygens (including phenoxy) is 3. The smallest absolute Gasteiger partial charge is 0.416 e. The van der Waals surface area contributed by atoms with Crippen LogP contribution in [0.15, 0.2) is 54.7 Å². The molecule has 0 saturated heterocycles. The first kappa shape index (κ1) is 32.2. The van der Waals surface area contributed by atoms with E-state index in [9.17, 15) is 19.6 Å². The van der Waals surface area contributed by atoms with Gasteiger partial charge in [-0.3, -0.25) is 14.9 Å². The number of benzene rings is 1. The molecule has 12 heteroatoms. The maximum atomic E-state index is 13.8. The third kappa shape index (κ3) is 7.20. The highest BCUT2D eigenvalue weighted by Crippen LogP contribution is 2.37. The molecule has 1 aliphatic carbocycles. The molecule has 1 N–H and O–H groups in total. The Labute approximate surface area is 267 Å². The Morgan fingerprint density at radius 2 is 1.78 bits per heavy atom. The van der Waals surface area contributed by atoms with E-state index >= 15 is 0 Å². The molecule has 2 unspecified atom stereocenters. The molecule has 3 aromatic heterocycles. The van der Waals surface area contributed by atoms with Gasteiger partial charge in [-0.2, -0.15) is 5.26 Å². The summed E-state index contributed by atoms with van der Waals surface area (Å²) in [6.45, 7) is 6.66. The van der Waals surface area contributed by atoms with Gasteiger partial charge in [0.25, 0.3) is 0 Å². The van der Waals surface area contributed by atoms with Gasteiger partial charge in [-0.15, -0.1) is 0 Å². The van der Waals surface area contributed by atoms with Gasteiger partial charge in [-0.05, 0) is 54.7 Å². The lowest BCUT2D eigenvalue weighted by Gasteiger charge is -2.37. The number of fused-ring (bicyclic) bond motifs is 1. The summed E-state index contributed by atoms with van der Waals surface area (Å²) in [6, 6.07) is 16.7. The Kier molecular flexibility index (Phi) is 10.0. The van der Waals surface area contributed by atoms with E-state index < -0.39 is 12.1 Å². The zero-order valence-electron chi connectivity index (χ0n) is 26.4. The van der Waals surface area contributed by atoms with Crippen LogP contribution in [-0.2, 0) is 20.9 Å². The number of amides is 1. The number of nitrogens with one attached hydrogen (secondary N) is 1. The van der Waals surface area contributed by atoms with E-state index in [1.54, 1.807) is 24.4 Å². The number of nitriles is 1. The number of carbonyl (C=O) groups is 3. The van der Waals surface area contributed by atoms with E-state index in [0.29, 0.717) is 23.9 Å². The molecule has 0 bridgehead atoms. The van der Waals surface area contributed by atoms with Gasteiger partial charge in [-0.25, -0.2) is 19.1 Å². The van der Waals surface area contributed by atoms with Crippen molar-refractivity contribution in [3.8, 4) is 23.5 Å². The van der Waals surface area contributed by atoms with E-state index in [0.717, 1.165) is 18.4 Å². The molecular formula is C34H38N6O6. The van der Waals surface area contributed by atoms with Gasteiger partial charge < -0.3 is 19.1 Å². The van der Waals surface area contributed by atoms with E-state index in [2.05, 4.69) is 35.8 Å². The summed E-state index contributed by atoms with van der Waals surface area (Å²) in [5.41, 5.74) is 1.19. The predicted octanol–water partition coefficient (Wildman–Crippen LogP) is 5.78. The highest BCUT2D eigenvalue weighted by Gasteiger charge is 2.37. The van der Waals surface area contributed by atoms with Gasteiger partial charge in [0.05, 0.1) is 0 Å². The van der Waals surface area contributed by atoms with E-state index in [1.807, 2.05) is 36.4 Å². The summed E-state index contributed by atoms with van der Waals surface area (Å²) in [5.74, 6) is -0.197. The fourth-order valence-electron chi connectivity index (χ4n) is 6.13. The van der Waals surface area contributed by atoms with E-state index in [1.165, 1.54) is 16.5 Å². The van der Waals surface area contributed by atoms with Gasteiger partial charge >= 0.3 is 18.0 Å². The second-order valence-corrected chi connectivity index (χ2v) is 12.1. The maximum absolute atomic E-state index is 13.8. The lowest BCUT2D eigenvalue weighted by molar-refractivity contribution is -0.145. The lowest BCUT2D eigenvalue weighted by Crippen LogP contribution is -2.37. The molecule has 240 valence electrons. The number of rotatable bonds is 10. The number of aromatic nitrogens is 4. The number of H-pyrrole nitrogens is 1. The topological polar surface area (TPSA) is 152 Å². The third-order valence-electron chi connectivity index (χ3n) is 8.29. The van der Waals surface area contributed by atoms with Crippen LogP contribution in [0.2, 0.25) is 0 Å². The fraction of sp³-hybridized carbons (Fsp3) is 0.412. The molecule has 0 spiro atoms. The van der Waals surface area contributed by atoms with Crippen LogP contribution in [0.4, 0.5) is 4.79 Å². The molecule has 46 heavy (non-hydrogen) atoms. The minimum atomic E-state index is -0.786. The maximum Gasteiger partial charge on any atom is 0.416 e. The van der Waals surface area contributed by atoms with Crippen molar-refractivity contribution in [1.29, 1.82) is 5.26 Å². The van der Waals surface area contributed by atoms with Crippen molar-refractivity contribution >= 4 is 23.7 Å². The number of aromatic amines is 1. The Morgan fingerprint density at radius 3 is 2.46 bits per heavy atom. The molecule has 5 rings (SSSR count). The fourth-order valence-corrected chi connectivity index (χ4v) is 6.13. The van der Waals surface area contributed by atoms with Gasteiger partial charge in [0.2, 0.25) is 5.88 Å². The average molecular weight is 627 g/mol. The minimum absolute atomic E-state index is 0.0818. The van der Waals surface area contributed by atoms with Crippen molar-refractivity contribution in [1.82, 2.24) is 24.5 Å². The number of nitrogens with zero attached hydrogens (tertiary/aromatic N) is 5. The molecular weight excluding hydrogens is 588 g/mol. The summed E-state index contributed by atoms with van der Waals surface area (Å²) in [4.78, 5) is 49.3. The molecule has 1 amide bonds. The summed E-state index contributed by atoms with van der Waals surface area (Å²) in [5, 5.41) is 13.2. The van der Waals surface area contributed by atoms with Crippen LogP contribution in [0.5, 0.6) is 5.88 Å². The van der Waals surface area contributed by atoms with Crippen LogP contribution >= 0.6 is 0 Å². The normalized spacial score (nSPS) is 19.3. The van der Waals surface area contributed by atoms with Crippen LogP contribution in [0.1, 0.15) is 67.9 Å². The van der Waals surface area contributed by atoms with Crippen molar-refractivity contribution in [3.05, 3.63) is 71.4 Å². The molecule has 0 aliphatic heterocycles. The van der Waals surface area contributed by atoms with Gasteiger partial charge in [0.1, 0.15) is 35.6 Å². The summed E-state index contributed by atoms with van der Waals surface area (Å²) in [7, 11) is 1.52. The van der Waals surface area contributed by atoms with Crippen LogP contribution in [-0.4, -0.2) is 62.2 Å². The highest BCUT2D eigenvalue weighted by molar-refractivity contribution is 6.01. The first-order chi connectivity index (χ1) is 22.2. The first-order valence-electron chi connectivity index (χ1n) is 15.5. The summed E-state index contributed by atoms with van der Waals surface area (Å²) in [6.07, 6.45) is 2.75. The van der Waals surface area contributed by atoms with E-state index in [4.69, 9.17) is 14.2 Å². The van der Waals surface area contributed by atoms with Crippen molar-refractivity contribution in [2.45, 2.75) is 59.2 Å². The Morgan fingerprint density at radius 1 is 1.07 bits per heavy atom. The number of hydrogen-bond acceptors (Lipinski definition) is 9. The summed E-state index contributed by atoms with van der Waals surface area (Å²) < 4.78 is 18.4. The number of carbonyl (C=O) groups excluding carboxylic acids is 3. The number of hydrogen-bond donors (Lipinski definition) is 1. The predicted molar refractivity (Wildman–Crippen MR) is 168 cm³/mol. The van der Waals surface area contributed by atoms with Crippen molar-refractivity contribution < 1.29 is 28.6 Å². The molecule has 4 aromatic rings. The van der Waals surface area contributed by atoms with Crippen LogP contribution in [0.25, 0.3) is 17.2 Å². The number of pyridine rings is 1. The second kappa shape index (κ2) is 14.3. The van der Waals surface area contributed by atoms with Crippen molar-refractivity contribution in [2.75, 3.05) is 13.6 Å². The van der Waals surface area contributed by atoms with Crippen molar-refractivity contribution in [3.63, 3.8) is 0 Å². The highest BCUT2D eigenvalue weighted by atomic mass is 16.6. The SMILES string of the molecule is CC1CC(C)C(OC(=O)c2c(C#N)c(OC(=O)N(C)CCCC(=O)OCc3ccccc3)n3[nH]c(-c4ccccn4)nc23)C(C)C1. The monoisotopic (exact) mass is 626 g/mol. The Hall–Kier alpha value is -5.18. The lowest BCUT2D eigenvalue weighted by atomic mass is 9.75. The first-order valence-corrected chi connectivity index (χ1v) is 15.5. The van der Waals surface area contributed by atoms with Gasteiger partial charge in [0.15, 0.2) is 11.5 Å². The van der Waals surface area contributed by atoms with Gasteiger partial charge in [0, 0.05) is 26.2 Å². The largest absolute Gasteiger partial charge is 0.461 e. The molecule has 12 nitrogen and oxygen atoms in total. The van der Waals surface area contributed by atoms with Crippen molar-refractivity contribution in [2.24, 2.45) is 17.8 Å². The molecule has 2 atom stereocenters. The molecule has 3 heterocycles. The summed E-state index contributed by atoms with van der Waals surface area (Å²) >= 11 is 0. The molecule has 1 aliphatic rings. The zero-order valence-corrected chi connectivity index (χ0v) is 26.4. The van der Waals surface area contributed by atoms with Crippen LogP contribution in [0.3, 0.4) is 0 Å². The Balaban J connectivity index is 1.34. The van der Waals surface area contributed by atoms with Crippen LogP contribution < -0.4 is 4.74 Å².